The van der Waals surface area contributed by atoms with Crippen molar-refractivity contribution < 1.29 is 18.0 Å². The smallest absolute Gasteiger partial charge is 0.264 e. The molecule has 1 N–H and O–H groups in total. The molecule has 1 unspecified atom stereocenters. The molecule has 0 heterocycles. The molecule has 2 amide bonds. The van der Waals surface area contributed by atoms with Crippen LogP contribution in [0.2, 0.25) is 0 Å². The third-order valence-electron chi connectivity index (χ3n) is 6.18. The van der Waals surface area contributed by atoms with Crippen LogP contribution in [0.15, 0.2) is 88.2 Å². The molecule has 0 aromatic heterocycles. The topological polar surface area (TPSA) is 86.8 Å². The molecule has 1 atom stereocenters. The van der Waals surface area contributed by atoms with Crippen molar-refractivity contribution in [1.29, 1.82) is 0 Å². The molecule has 0 aliphatic rings. The van der Waals surface area contributed by atoms with E-state index in [0.717, 1.165) is 28.3 Å². The van der Waals surface area contributed by atoms with Crippen LogP contribution in [-0.2, 0) is 26.2 Å². The number of nitrogens with one attached hydrogen (secondary N) is 1. The molecule has 0 spiro atoms. The molecule has 0 bridgehead atoms. The zero-order chi connectivity index (χ0) is 27.7. The number of unbranched alkanes of at least 4 members (excludes halogenated alkanes) is 1. The van der Waals surface area contributed by atoms with Crippen molar-refractivity contribution >= 4 is 43.5 Å². The number of halogens is 1. The van der Waals surface area contributed by atoms with Gasteiger partial charge in [0.05, 0.1) is 10.6 Å². The number of sulfonamides is 1. The van der Waals surface area contributed by atoms with Crippen LogP contribution < -0.4 is 9.62 Å². The maximum absolute atomic E-state index is 13.9. The van der Waals surface area contributed by atoms with E-state index in [1.807, 2.05) is 44.2 Å². The Morgan fingerprint density at radius 1 is 0.974 bits per heavy atom. The average Bonchev–Trinajstić information content (AvgIpc) is 2.90. The molecule has 9 heteroatoms. The van der Waals surface area contributed by atoms with Gasteiger partial charge in [0, 0.05) is 17.6 Å². The van der Waals surface area contributed by atoms with Gasteiger partial charge in [0.1, 0.15) is 12.6 Å². The molecule has 3 aromatic carbocycles. The number of hydrogen-bond donors (Lipinski definition) is 1. The van der Waals surface area contributed by atoms with Crippen molar-refractivity contribution in [2.45, 2.75) is 51.1 Å². The second-order valence-electron chi connectivity index (χ2n) is 9.13. The summed E-state index contributed by atoms with van der Waals surface area (Å²) in [5.74, 6) is -0.763. The van der Waals surface area contributed by atoms with Gasteiger partial charge < -0.3 is 10.2 Å². The molecule has 3 aromatic rings. The molecule has 7 nitrogen and oxygen atoms in total. The van der Waals surface area contributed by atoms with E-state index in [9.17, 15) is 18.0 Å². The minimum absolute atomic E-state index is 0.0795. The minimum atomic E-state index is -4.09. The van der Waals surface area contributed by atoms with Gasteiger partial charge in [0.2, 0.25) is 11.8 Å². The molecule has 38 heavy (non-hydrogen) atoms. The standard InChI is InChI=1S/C29H34BrN3O4S/c1-4-5-18-31-29(35)23(3)32(20-24-10-7-6-8-11-24)28(34)21-33(26-13-9-12-25(30)19-26)38(36,37)27-16-14-22(2)15-17-27/h6-17,19,23H,4-5,18,20-21H2,1-3H3,(H,31,35). The predicted molar refractivity (Wildman–Crippen MR) is 154 cm³/mol. The summed E-state index contributed by atoms with van der Waals surface area (Å²) < 4.78 is 29.4. The Labute approximate surface area is 234 Å². The summed E-state index contributed by atoms with van der Waals surface area (Å²) in [5.41, 5.74) is 2.10. The van der Waals surface area contributed by atoms with Crippen molar-refractivity contribution in [3.8, 4) is 0 Å². The molecule has 0 saturated heterocycles. The van der Waals surface area contributed by atoms with Crippen molar-refractivity contribution in [2.75, 3.05) is 17.4 Å². The highest BCUT2D eigenvalue weighted by Crippen LogP contribution is 2.27. The summed E-state index contributed by atoms with van der Waals surface area (Å²) in [5, 5.41) is 2.89. The first-order valence-electron chi connectivity index (χ1n) is 12.6. The number of carbonyl (C=O) groups is 2. The van der Waals surface area contributed by atoms with E-state index < -0.39 is 28.5 Å². The van der Waals surface area contributed by atoms with Crippen molar-refractivity contribution in [2.24, 2.45) is 0 Å². The van der Waals surface area contributed by atoms with E-state index in [1.54, 1.807) is 43.3 Å². The predicted octanol–water partition coefficient (Wildman–Crippen LogP) is 5.29. The van der Waals surface area contributed by atoms with Crippen LogP contribution in [0.1, 0.15) is 37.8 Å². The van der Waals surface area contributed by atoms with Crippen LogP contribution in [0.5, 0.6) is 0 Å². The monoisotopic (exact) mass is 599 g/mol. The fourth-order valence-electron chi connectivity index (χ4n) is 3.90. The number of rotatable bonds is 12. The van der Waals surface area contributed by atoms with E-state index in [4.69, 9.17) is 0 Å². The Morgan fingerprint density at radius 2 is 1.66 bits per heavy atom. The van der Waals surface area contributed by atoms with Crippen LogP contribution >= 0.6 is 15.9 Å². The van der Waals surface area contributed by atoms with Gasteiger partial charge in [0.25, 0.3) is 10.0 Å². The number of aryl methyl sites for hydroxylation is 1. The average molecular weight is 601 g/mol. The number of benzene rings is 3. The van der Waals surface area contributed by atoms with Gasteiger partial charge in [-0.2, -0.15) is 0 Å². The van der Waals surface area contributed by atoms with Crippen molar-refractivity contribution in [3.63, 3.8) is 0 Å². The van der Waals surface area contributed by atoms with Crippen LogP contribution in [-0.4, -0.2) is 44.3 Å². The largest absolute Gasteiger partial charge is 0.354 e. The first-order valence-corrected chi connectivity index (χ1v) is 14.8. The molecule has 0 aliphatic carbocycles. The normalized spacial score (nSPS) is 12.0. The van der Waals surface area contributed by atoms with Gasteiger partial charge in [-0.15, -0.1) is 0 Å². The van der Waals surface area contributed by atoms with Gasteiger partial charge in [0.15, 0.2) is 0 Å². The highest BCUT2D eigenvalue weighted by molar-refractivity contribution is 9.10. The fraction of sp³-hybridized carbons (Fsp3) is 0.310. The summed E-state index contributed by atoms with van der Waals surface area (Å²) in [6.07, 6.45) is 1.76. The van der Waals surface area contributed by atoms with Gasteiger partial charge in [-0.3, -0.25) is 13.9 Å². The number of nitrogens with zero attached hydrogens (tertiary/aromatic N) is 2. The first kappa shape index (κ1) is 29.4. The molecular weight excluding hydrogens is 566 g/mol. The molecule has 0 saturated carbocycles. The Balaban J connectivity index is 1.98. The zero-order valence-corrected chi connectivity index (χ0v) is 24.3. The fourth-order valence-corrected chi connectivity index (χ4v) is 5.69. The van der Waals surface area contributed by atoms with E-state index in [-0.39, 0.29) is 17.3 Å². The lowest BCUT2D eigenvalue weighted by Crippen LogP contribution is -2.51. The quantitative estimate of drug-likeness (QED) is 0.287. The molecule has 202 valence electrons. The summed E-state index contributed by atoms with van der Waals surface area (Å²) in [6.45, 7) is 5.79. The van der Waals surface area contributed by atoms with Crippen LogP contribution in [0, 0.1) is 6.92 Å². The molecule has 0 fully saturated rings. The van der Waals surface area contributed by atoms with Crippen molar-refractivity contribution in [3.05, 3.63) is 94.5 Å². The molecule has 3 rings (SSSR count). The zero-order valence-electron chi connectivity index (χ0n) is 21.9. The van der Waals surface area contributed by atoms with Crippen LogP contribution in [0.3, 0.4) is 0 Å². The summed E-state index contributed by atoms with van der Waals surface area (Å²) in [6, 6.07) is 21.8. The Bertz CT molecular complexity index is 1330. The maximum atomic E-state index is 13.9. The van der Waals surface area contributed by atoms with Gasteiger partial charge in [-0.25, -0.2) is 8.42 Å². The number of amides is 2. The Hall–Kier alpha value is -3.17. The van der Waals surface area contributed by atoms with Crippen LogP contribution in [0.25, 0.3) is 0 Å². The van der Waals surface area contributed by atoms with Gasteiger partial charge in [-0.1, -0.05) is 83.4 Å². The van der Waals surface area contributed by atoms with Crippen molar-refractivity contribution in [1.82, 2.24) is 10.2 Å². The number of carbonyl (C=O) groups excluding carboxylic acids is 2. The minimum Gasteiger partial charge on any atom is -0.354 e. The lowest BCUT2D eigenvalue weighted by molar-refractivity contribution is -0.139. The maximum Gasteiger partial charge on any atom is 0.264 e. The summed E-state index contributed by atoms with van der Waals surface area (Å²) >= 11 is 3.40. The molecule has 0 aliphatic heterocycles. The Morgan fingerprint density at radius 3 is 2.29 bits per heavy atom. The van der Waals surface area contributed by atoms with E-state index in [0.29, 0.717) is 16.7 Å². The van der Waals surface area contributed by atoms with E-state index in [1.165, 1.54) is 17.0 Å². The first-order chi connectivity index (χ1) is 18.1. The number of anilines is 1. The Kier molecular flexibility index (Phi) is 10.5. The van der Waals surface area contributed by atoms with Gasteiger partial charge in [-0.05, 0) is 56.2 Å². The third-order valence-corrected chi connectivity index (χ3v) is 8.46. The van der Waals surface area contributed by atoms with E-state index in [2.05, 4.69) is 21.2 Å². The third kappa shape index (κ3) is 7.68. The number of hydrogen-bond acceptors (Lipinski definition) is 4. The highest BCUT2D eigenvalue weighted by atomic mass is 79.9. The van der Waals surface area contributed by atoms with Crippen LogP contribution in [0.4, 0.5) is 5.69 Å². The molecule has 0 radical (unpaired) electrons. The second kappa shape index (κ2) is 13.6. The summed E-state index contributed by atoms with van der Waals surface area (Å²) in [7, 11) is -4.09. The highest BCUT2D eigenvalue weighted by Gasteiger charge is 2.32. The van der Waals surface area contributed by atoms with E-state index >= 15 is 0 Å². The summed E-state index contributed by atoms with van der Waals surface area (Å²) in [4.78, 5) is 28.3. The lowest BCUT2D eigenvalue weighted by Gasteiger charge is -2.32. The van der Waals surface area contributed by atoms with Gasteiger partial charge >= 0.3 is 0 Å². The SMILES string of the molecule is CCCCNC(=O)C(C)N(Cc1ccccc1)C(=O)CN(c1cccc(Br)c1)S(=O)(=O)c1ccc(C)cc1. The second-order valence-corrected chi connectivity index (χ2v) is 11.9. The molecular formula is C29H34BrN3O4S. The lowest BCUT2D eigenvalue weighted by atomic mass is 10.1.